The number of hydrogen-bond donors (Lipinski definition) is 1. The average molecular weight is 382 g/mol. The van der Waals surface area contributed by atoms with Crippen LogP contribution in [-0.2, 0) is 11.3 Å². The Morgan fingerprint density at radius 1 is 1.25 bits per heavy atom. The Balaban J connectivity index is 1.51. The molecule has 1 aliphatic heterocycles. The number of amides is 1. The number of carbonyl (C=O) groups is 1. The minimum Gasteiger partial charge on any atom is -0.338 e. The number of anilines is 1. The van der Waals surface area contributed by atoms with Crippen molar-refractivity contribution in [3.8, 4) is 6.07 Å². The minimum absolute atomic E-state index is 0.102. The van der Waals surface area contributed by atoms with Crippen molar-refractivity contribution >= 4 is 11.6 Å². The van der Waals surface area contributed by atoms with Gasteiger partial charge >= 0.3 is 0 Å². The molecule has 2 aromatic rings. The highest BCUT2D eigenvalue weighted by atomic mass is 16.5. The second kappa shape index (κ2) is 8.95. The van der Waals surface area contributed by atoms with E-state index in [4.69, 9.17) is 9.78 Å². The van der Waals surface area contributed by atoms with Crippen LogP contribution in [0.3, 0.4) is 0 Å². The van der Waals surface area contributed by atoms with Crippen LogP contribution in [-0.4, -0.2) is 58.1 Å². The molecule has 1 saturated heterocycles. The van der Waals surface area contributed by atoms with E-state index in [0.29, 0.717) is 23.7 Å². The van der Waals surface area contributed by atoms with Gasteiger partial charge < -0.3 is 9.84 Å². The van der Waals surface area contributed by atoms with Gasteiger partial charge in [-0.15, -0.1) is 0 Å². The molecule has 3 rings (SSSR count). The second-order valence-electron chi connectivity index (χ2n) is 7.34. The Morgan fingerprint density at radius 3 is 2.61 bits per heavy atom. The van der Waals surface area contributed by atoms with Crippen molar-refractivity contribution in [3.63, 3.8) is 0 Å². The molecule has 0 saturated carbocycles. The highest BCUT2D eigenvalue weighted by molar-refractivity contribution is 5.95. The molecule has 1 unspecified atom stereocenters. The molecule has 1 atom stereocenters. The van der Waals surface area contributed by atoms with Crippen molar-refractivity contribution in [1.29, 1.82) is 5.26 Å². The predicted octanol–water partition coefficient (Wildman–Crippen LogP) is 2.21. The first-order valence-corrected chi connectivity index (χ1v) is 9.56. The molecule has 0 aliphatic carbocycles. The lowest BCUT2D eigenvalue weighted by molar-refractivity contribution is -0.121. The SMILES string of the molecule is CC(C)c1noc(CN2CCN(C(C)C(=O)Nc3ccccc3C#N)CC2)n1. The zero-order valence-corrected chi connectivity index (χ0v) is 16.6. The fraction of sp³-hybridized carbons (Fsp3) is 0.500. The first-order valence-electron chi connectivity index (χ1n) is 9.56. The Hall–Kier alpha value is -2.76. The number of piperazine rings is 1. The lowest BCUT2D eigenvalue weighted by Crippen LogP contribution is -2.52. The van der Waals surface area contributed by atoms with Gasteiger partial charge in [-0.2, -0.15) is 10.2 Å². The number of aromatic nitrogens is 2. The summed E-state index contributed by atoms with van der Waals surface area (Å²) in [7, 11) is 0. The number of nitriles is 1. The van der Waals surface area contributed by atoms with E-state index in [2.05, 4.69) is 31.3 Å². The molecule has 1 aliphatic rings. The van der Waals surface area contributed by atoms with Crippen LogP contribution >= 0.6 is 0 Å². The van der Waals surface area contributed by atoms with Gasteiger partial charge in [0.25, 0.3) is 0 Å². The fourth-order valence-electron chi connectivity index (χ4n) is 3.16. The molecule has 0 spiro atoms. The smallest absolute Gasteiger partial charge is 0.241 e. The van der Waals surface area contributed by atoms with Crippen LogP contribution in [0.1, 0.15) is 44.0 Å². The van der Waals surface area contributed by atoms with Gasteiger partial charge in [-0.1, -0.05) is 31.1 Å². The molecule has 0 radical (unpaired) electrons. The third-order valence-corrected chi connectivity index (χ3v) is 5.00. The number of nitrogens with zero attached hydrogens (tertiary/aromatic N) is 5. The average Bonchev–Trinajstić information content (AvgIpc) is 3.17. The number of rotatable bonds is 6. The van der Waals surface area contributed by atoms with Gasteiger partial charge in [0.2, 0.25) is 11.8 Å². The first kappa shape index (κ1) is 20.0. The van der Waals surface area contributed by atoms with Crippen molar-refractivity contribution in [2.45, 2.75) is 39.3 Å². The first-order chi connectivity index (χ1) is 13.5. The largest absolute Gasteiger partial charge is 0.338 e. The third kappa shape index (κ3) is 4.74. The summed E-state index contributed by atoms with van der Waals surface area (Å²) < 4.78 is 5.32. The highest BCUT2D eigenvalue weighted by Crippen LogP contribution is 2.16. The molecule has 8 heteroatoms. The Labute approximate surface area is 165 Å². The molecule has 1 aromatic carbocycles. The van der Waals surface area contributed by atoms with Gasteiger partial charge in [0.05, 0.1) is 23.8 Å². The predicted molar refractivity (Wildman–Crippen MR) is 104 cm³/mol. The van der Waals surface area contributed by atoms with Crippen molar-refractivity contribution in [3.05, 3.63) is 41.5 Å². The Kier molecular flexibility index (Phi) is 6.39. The van der Waals surface area contributed by atoms with Gasteiger partial charge in [-0.05, 0) is 19.1 Å². The van der Waals surface area contributed by atoms with Gasteiger partial charge in [-0.3, -0.25) is 14.6 Å². The topological polar surface area (TPSA) is 98.3 Å². The Bertz CT molecular complexity index is 848. The van der Waals surface area contributed by atoms with Gasteiger partial charge in [0.15, 0.2) is 5.82 Å². The summed E-state index contributed by atoms with van der Waals surface area (Å²) >= 11 is 0. The van der Waals surface area contributed by atoms with E-state index in [1.54, 1.807) is 18.2 Å². The lowest BCUT2D eigenvalue weighted by Gasteiger charge is -2.36. The number of nitrogens with one attached hydrogen (secondary N) is 1. The maximum Gasteiger partial charge on any atom is 0.241 e. The van der Waals surface area contributed by atoms with Crippen molar-refractivity contribution < 1.29 is 9.32 Å². The van der Waals surface area contributed by atoms with Gasteiger partial charge in [-0.25, -0.2) is 0 Å². The van der Waals surface area contributed by atoms with E-state index in [0.717, 1.165) is 32.0 Å². The number of hydrogen-bond acceptors (Lipinski definition) is 7. The summed E-state index contributed by atoms with van der Waals surface area (Å²) in [4.78, 5) is 21.4. The monoisotopic (exact) mass is 382 g/mol. The van der Waals surface area contributed by atoms with E-state index >= 15 is 0 Å². The maximum absolute atomic E-state index is 12.6. The maximum atomic E-state index is 12.6. The molecule has 1 N–H and O–H groups in total. The zero-order chi connectivity index (χ0) is 20.1. The number of carbonyl (C=O) groups excluding carboxylic acids is 1. The molecule has 1 amide bonds. The summed E-state index contributed by atoms with van der Waals surface area (Å²) in [5.41, 5.74) is 1.02. The number of para-hydroxylation sites is 1. The molecule has 8 nitrogen and oxygen atoms in total. The minimum atomic E-state index is -0.273. The summed E-state index contributed by atoms with van der Waals surface area (Å²) in [5, 5.41) is 16.0. The zero-order valence-electron chi connectivity index (χ0n) is 16.6. The van der Waals surface area contributed by atoms with E-state index in [-0.39, 0.29) is 17.9 Å². The van der Waals surface area contributed by atoms with Crippen LogP contribution in [0.2, 0.25) is 0 Å². The van der Waals surface area contributed by atoms with E-state index in [1.807, 2.05) is 26.8 Å². The van der Waals surface area contributed by atoms with E-state index in [1.165, 1.54) is 0 Å². The highest BCUT2D eigenvalue weighted by Gasteiger charge is 2.26. The molecular formula is C20H26N6O2. The molecule has 0 bridgehead atoms. The van der Waals surface area contributed by atoms with Crippen LogP contribution < -0.4 is 5.32 Å². The Morgan fingerprint density at radius 2 is 1.96 bits per heavy atom. The van der Waals surface area contributed by atoms with Crippen molar-refractivity contribution in [1.82, 2.24) is 19.9 Å². The van der Waals surface area contributed by atoms with Crippen molar-refractivity contribution in [2.75, 3.05) is 31.5 Å². The summed E-state index contributed by atoms with van der Waals surface area (Å²) in [6, 6.07) is 8.86. The molecule has 1 fully saturated rings. The van der Waals surface area contributed by atoms with Gasteiger partial charge in [0.1, 0.15) is 6.07 Å². The van der Waals surface area contributed by atoms with Crippen LogP contribution in [0.5, 0.6) is 0 Å². The molecule has 28 heavy (non-hydrogen) atoms. The van der Waals surface area contributed by atoms with Crippen LogP contribution in [0.25, 0.3) is 0 Å². The van der Waals surface area contributed by atoms with E-state index in [9.17, 15) is 4.79 Å². The lowest BCUT2D eigenvalue weighted by atomic mass is 10.1. The van der Waals surface area contributed by atoms with Gasteiger partial charge in [0, 0.05) is 32.1 Å². The molecule has 2 heterocycles. The van der Waals surface area contributed by atoms with Crippen LogP contribution in [0.4, 0.5) is 5.69 Å². The summed E-state index contributed by atoms with van der Waals surface area (Å²) in [5.74, 6) is 1.52. The van der Waals surface area contributed by atoms with Crippen molar-refractivity contribution in [2.24, 2.45) is 0 Å². The molecule has 148 valence electrons. The third-order valence-electron chi connectivity index (χ3n) is 5.00. The van der Waals surface area contributed by atoms with E-state index < -0.39 is 0 Å². The second-order valence-corrected chi connectivity index (χ2v) is 7.34. The summed E-state index contributed by atoms with van der Waals surface area (Å²) in [6.45, 7) is 9.80. The van der Waals surface area contributed by atoms with Crippen LogP contribution in [0, 0.1) is 11.3 Å². The number of benzene rings is 1. The standard InChI is InChI=1S/C20H26N6O2/c1-14(2)19-23-18(28-24-19)13-25-8-10-26(11-9-25)15(3)20(27)22-17-7-5-4-6-16(17)12-21/h4-7,14-15H,8-11,13H2,1-3H3,(H,22,27). The molecule has 1 aromatic heterocycles. The van der Waals surface area contributed by atoms with Crippen LogP contribution in [0.15, 0.2) is 28.8 Å². The fourth-order valence-corrected chi connectivity index (χ4v) is 3.16. The normalized spacial score (nSPS) is 16.7. The molecular weight excluding hydrogens is 356 g/mol. The quantitative estimate of drug-likeness (QED) is 0.818. The summed E-state index contributed by atoms with van der Waals surface area (Å²) in [6.07, 6.45) is 0.